The van der Waals surface area contributed by atoms with E-state index in [2.05, 4.69) is 10.6 Å². The van der Waals surface area contributed by atoms with Crippen LogP contribution >= 0.6 is 0 Å². The lowest BCUT2D eigenvalue weighted by Crippen LogP contribution is -2.63. The van der Waals surface area contributed by atoms with Gasteiger partial charge in [-0.05, 0) is 18.2 Å². The van der Waals surface area contributed by atoms with Crippen LogP contribution in [-0.2, 0) is 9.53 Å². The van der Waals surface area contributed by atoms with Crippen LogP contribution < -0.4 is 10.6 Å². The van der Waals surface area contributed by atoms with E-state index in [0.717, 1.165) is 18.2 Å². The average Bonchev–Trinajstić information content (AvgIpc) is 2.64. The second-order valence-corrected chi connectivity index (χ2v) is 5.95. The Morgan fingerprint density at radius 3 is 2.41 bits per heavy atom. The number of hydrogen-bond acceptors (Lipinski definition) is 7. The Kier molecular flexibility index (Phi) is 7.16. The number of halogens is 2. The molecule has 2 amide bonds. The maximum Gasteiger partial charge on any atom is 0.251 e. The van der Waals surface area contributed by atoms with Crippen molar-refractivity contribution in [2.45, 2.75) is 37.1 Å². The highest BCUT2D eigenvalue weighted by Gasteiger charge is 2.43. The molecule has 0 radical (unpaired) electrons. The van der Waals surface area contributed by atoms with Crippen molar-refractivity contribution in [2.24, 2.45) is 0 Å². The molecular formula is C16H20F2N2O7. The van der Waals surface area contributed by atoms with E-state index in [0.29, 0.717) is 0 Å². The molecule has 27 heavy (non-hydrogen) atoms. The molecular weight excluding hydrogens is 370 g/mol. The van der Waals surface area contributed by atoms with Crippen LogP contribution in [-0.4, -0.2) is 76.0 Å². The molecule has 150 valence electrons. The number of benzene rings is 1. The molecule has 0 bridgehead atoms. The fraction of sp³-hybridized carbons (Fsp3) is 0.500. The third kappa shape index (κ3) is 5.17. The van der Waals surface area contributed by atoms with Gasteiger partial charge in [-0.25, -0.2) is 8.78 Å². The Bertz CT molecular complexity index is 689. The summed E-state index contributed by atoms with van der Waals surface area (Å²) in [6.45, 7) is -0.789. The molecule has 0 aliphatic carbocycles. The first-order valence-corrected chi connectivity index (χ1v) is 8.07. The topological polar surface area (TPSA) is 148 Å². The van der Waals surface area contributed by atoms with Gasteiger partial charge in [0.2, 0.25) is 5.91 Å². The Morgan fingerprint density at radius 1 is 1.07 bits per heavy atom. The maximum atomic E-state index is 13.1. The lowest BCUT2D eigenvalue weighted by atomic mass is 9.98. The second-order valence-electron chi connectivity index (χ2n) is 5.95. The molecule has 1 aliphatic heterocycles. The molecule has 1 aromatic rings. The average molecular weight is 390 g/mol. The van der Waals surface area contributed by atoms with Crippen LogP contribution in [0.1, 0.15) is 16.8 Å². The molecule has 9 nitrogen and oxygen atoms in total. The number of carbonyl (C=O) groups excluding carboxylic acids is 2. The van der Waals surface area contributed by atoms with Crippen molar-refractivity contribution in [2.75, 3.05) is 13.2 Å². The van der Waals surface area contributed by atoms with E-state index < -0.39 is 60.7 Å². The number of amides is 2. The van der Waals surface area contributed by atoms with Crippen molar-refractivity contribution >= 4 is 11.8 Å². The van der Waals surface area contributed by atoms with Crippen molar-refractivity contribution in [3.8, 4) is 0 Å². The molecule has 11 heteroatoms. The molecule has 2 rings (SSSR count). The summed E-state index contributed by atoms with van der Waals surface area (Å²) < 4.78 is 31.0. The molecule has 1 aromatic carbocycles. The third-order valence-corrected chi connectivity index (χ3v) is 4.01. The molecule has 1 saturated heterocycles. The highest BCUT2D eigenvalue weighted by atomic mass is 19.2. The minimum Gasteiger partial charge on any atom is -0.394 e. The SMILES string of the molecule is O=C(CCNC(=O)c1ccc(F)c(F)c1)N[C@@H]1O[C@H](CO)[C@@H](O)[C@H](O)[C@H]1O. The zero-order valence-corrected chi connectivity index (χ0v) is 14.0. The van der Waals surface area contributed by atoms with Crippen molar-refractivity contribution < 1.29 is 43.5 Å². The molecule has 0 spiro atoms. The standard InChI is InChI=1S/C16H20F2N2O7/c17-8-2-1-7(5-9(8)18)15(26)19-4-3-11(22)20-16-14(25)13(24)12(23)10(6-21)27-16/h1-2,5,10,12-14,16,21,23-25H,3-4,6H2,(H,19,26)(H,20,22)/t10-,12-,13+,14-,16-/m1/s1. The van der Waals surface area contributed by atoms with Crippen LogP contribution in [0, 0.1) is 11.6 Å². The molecule has 0 unspecified atom stereocenters. The predicted octanol–water partition coefficient (Wildman–Crippen LogP) is -2.00. The number of ether oxygens (including phenoxy) is 1. The van der Waals surface area contributed by atoms with Crippen LogP contribution in [0.25, 0.3) is 0 Å². The Morgan fingerprint density at radius 2 is 1.78 bits per heavy atom. The van der Waals surface area contributed by atoms with E-state index in [1.165, 1.54) is 0 Å². The predicted molar refractivity (Wildman–Crippen MR) is 85.2 cm³/mol. The van der Waals surface area contributed by atoms with Gasteiger partial charge in [0, 0.05) is 18.5 Å². The van der Waals surface area contributed by atoms with Gasteiger partial charge in [0.1, 0.15) is 24.4 Å². The van der Waals surface area contributed by atoms with Gasteiger partial charge >= 0.3 is 0 Å². The number of rotatable bonds is 6. The quantitative estimate of drug-likeness (QED) is 0.329. The number of aliphatic hydroxyl groups is 4. The second kappa shape index (κ2) is 9.15. The van der Waals surface area contributed by atoms with Gasteiger partial charge < -0.3 is 35.8 Å². The number of carbonyl (C=O) groups is 2. The Balaban J connectivity index is 1.81. The van der Waals surface area contributed by atoms with Gasteiger partial charge in [0.15, 0.2) is 17.9 Å². The highest BCUT2D eigenvalue weighted by Crippen LogP contribution is 2.19. The van der Waals surface area contributed by atoms with E-state index in [9.17, 15) is 33.7 Å². The van der Waals surface area contributed by atoms with Gasteiger partial charge in [0.05, 0.1) is 6.61 Å². The fourth-order valence-corrected chi connectivity index (χ4v) is 2.48. The minimum absolute atomic E-state index is 0.122. The molecule has 1 heterocycles. The van der Waals surface area contributed by atoms with Crippen molar-refractivity contribution in [1.29, 1.82) is 0 Å². The minimum atomic E-state index is -1.63. The molecule has 1 fully saturated rings. The molecule has 0 saturated carbocycles. The summed E-state index contributed by atoms with van der Waals surface area (Å²) in [5.41, 5.74) is -0.122. The summed E-state index contributed by atoms with van der Waals surface area (Å²) in [7, 11) is 0. The highest BCUT2D eigenvalue weighted by molar-refractivity contribution is 5.94. The van der Waals surface area contributed by atoms with Crippen molar-refractivity contribution in [3.05, 3.63) is 35.4 Å². The van der Waals surface area contributed by atoms with Crippen molar-refractivity contribution in [3.63, 3.8) is 0 Å². The number of aliphatic hydroxyl groups excluding tert-OH is 4. The summed E-state index contributed by atoms with van der Waals surface area (Å²) in [5.74, 6) is -3.65. The van der Waals surface area contributed by atoms with E-state index in [1.54, 1.807) is 0 Å². The zero-order chi connectivity index (χ0) is 20.1. The van der Waals surface area contributed by atoms with Gasteiger partial charge in [-0.15, -0.1) is 0 Å². The lowest BCUT2D eigenvalue weighted by molar-refractivity contribution is -0.235. The van der Waals surface area contributed by atoms with Crippen LogP contribution in [0.15, 0.2) is 18.2 Å². The largest absolute Gasteiger partial charge is 0.394 e. The molecule has 1 aliphatic rings. The van der Waals surface area contributed by atoms with Gasteiger partial charge in [-0.3, -0.25) is 9.59 Å². The zero-order valence-electron chi connectivity index (χ0n) is 14.0. The van der Waals surface area contributed by atoms with E-state index in [-0.39, 0.29) is 18.5 Å². The van der Waals surface area contributed by atoms with Crippen molar-refractivity contribution in [1.82, 2.24) is 10.6 Å². The summed E-state index contributed by atoms with van der Waals surface area (Å²) >= 11 is 0. The van der Waals surface area contributed by atoms with E-state index >= 15 is 0 Å². The van der Waals surface area contributed by atoms with Gasteiger partial charge in [-0.2, -0.15) is 0 Å². The fourth-order valence-electron chi connectivity index (χ4n) is 2.48. The smallest absolute Gasteiger partial charge is 0.251 e. The monoisotopic (exact) mass is 390 g/mol. The first kappa shape index (κ1) is 21.1. The lowest BCUT2D eigenvalue weighted by Gasteiger charge is -2.40. The van der Waals surface area contributed by atoms with Gasteiger partial charge in [0.25, 0.3) is 5.91 Å². The maximum absolute atomic E-state index is 13.1. The summed E-state index contributed by atoms with van der Waals surface area (Å²) in [4.78, 5) is 23.7. The summed E-state index contributed by atoms with van der Waals surface area (Å²) in [6.07, 6.45) is -7.58. The van der Waals surface area contributed by atoms with E-state index in [4.69, 9.17) is 9.84 Å². The molecule has 6 N–H and O–H groups in total. The van der Waals surface area contributed by atoms with Crippen LogP contribution in [0.2, 0.25) is 0 Å². The van der Waals surface area contributed by atoms with Crippen LogP contribution in [0.4, 0.5) is 8.78 Å². The molecule has 0 aromatic heterocycles. The normalized spacial score (nSPS) is 27.9. The van der Waals surface area contributed by atoms with Gasteiger partial charge in [-0.1, -0.05) is 0 Å². The molecule has 5 atom stereocenters. The van der Waals surface area contributed by atoms with E-state index in [1.807, 2.05) is 0 Å². The number of nitrogens with one attached hydrogen (secondary N) is 2. The Labute approximate surface area is 152 Å². The first-order valence-electron chi connectivity index (χ1n) is 8.07. The Hall–Kier alpha value is -2.18. The van der Waals surface area contributed by atoms with Crippen LogP contribution in [0.5, 0.6) is 0 Å². The number of hydrogen-bond donors (Lipinski definition) is 6. The third-order valence-electron chi connectivity index (χ3n) is 4.01. The first-order chi connectivity index (χ1) is 12.7. The van der Waals surface area contributed by atoms with Crippen LogP contribution in [0.3, 0.4) is 0 Å². The summed E-state index contributed by atoms with van der Waals surface area (Å²) in [5, 5.41) is 42.8. The summed E-state index contributed by atoms with van der Waals surface area (Å²) in [6, 6.07) is 2.61.